The highest BCUT2D eigenvalue weighted by atomic mass is 16.5. The molecule has 0 aromatic carbocycles. The number of rotatable bonds is 2. The van der Waals surface area contributed by atoms with Crippen molar-refractivity contribution in [2.75, 3.05) is 0 Å². The van der Waals surface area contributed by atoms with Crippen LogP contribution in [0.1, 0.15) is 6.92 Å². The maximum Gasteiger partial charge on any atom is 0.345 e. The summed E-state index contributed by atoms with van der Waals surface area (Å²) in [5.74, 6) is -1.13. The molecule has 0 rings (SSSR count). The predicted molar refractivity (Wildman–Crippen MR) is 23.8 cm³/mol. The van der Waals surface area contributed by atoms with Crippen molar-refractivity contribution in [3.8, 4) is 6.26 Å². The van der Waals surface area contributed by atoms with Crippen molar-refractivity contribution in [1.82, 2.24) is 0 Å². The van der Waals surface area contributed by atoms with E-state index in [0.717, 1.165) is 0 Å². The highest BCUT2D eigenvalue weighted by molar-refractivity contribution is 5.71. The quantitative estimate of drug-likeness (QED) is 0.512. The highest BCUT2D eigenvalue weighted by Gasteiger charge is 2.09. The van der Waals surface area contributed by atoms with Crippen LogP contribution in [0, 0.1) is 11.5 Å². The van der Waals surface area contributed by atoms with Crippen LogP contribution in [-0.2, 0) is 9.53 Å². The zero-order valence-corrected chi connectivity index (χ0v) is 4.29. The average Bonchev–Trinajstić information content (AvgIpc) is 1.67. The van der Waals surface area contributed by atoms with Crippen molar-refractivity contribution in [1.29, 1.82) is 5.26 Å². The summed E-state index contributed by atoms with van der Waals surface area (Å²) in [6.45, 7) is 1.28. The van der Waals surface area contributed by atoms with Gasteiger partial charge >= 0.3 is 5.97 Å². The molecule has 0 spiro atoms. The zero-order chi connectivity index (χ0) is 6.57. The van der Waals surface area contributed by atoms with Gasteiger partial charge in [-0.1, -0.05) is 0 Å². The number of carboxylic acid groups (broad SMARTS) is 1. The summed E-state index contributed by atoms with van der Waals surface area (Å²) in [5.41, 5.74) is 0. The number of hydrogen-bond donors (Lipinski definition) is 1. The first-order valence-corrected chi connectivity index (χ1v) is 1.96. The van der Waals surface area contributed by atoms with Crippen LogP contribution in [0.4, 0.5) is 0 Å². The molecular formula is C4H5NO3. The molecule has 0 aromatic rings. The van der Waals surface area contributed by atoms with Crippen molar-refractivity contribution in [2.24, 2.45) is 0 Å². The fourth-order valence-electron chi connectivity index (χ4n) is 0.129. The Hall–Kier alpha value is -1.24. The van der Waals surface area contributed by atoms with Crippen LogP contribution in [0.25, 0.3) is 0 Å². The van der Waals surface area contributed by atoms with E-state index in [2.05, 4.69) is 4.74 Å². The molecule has 1 N–H and O–H groups in total. The molecule has 0 saturated carbocycles. The normalized spacial score (nSPS) is 11.5. The van der Waals surface area contributed by atoms with E-state index in [0.29, 0.717) is 0 Å². The minimum atomic E-state index is -1.13. The molecular weight excluding hydrogens is 110 g/mol. The molecule has 0 bridgehead atoms. The fraction of sp³-hybridized carbons (Fsp3) is 0.500. The molecule has 0 radical (unpaired) electrons. The first kappa shape index (κ1) is 6.76. The Morgan fingerprint density at radius 3 is 2.62 bits per heavy atom. The summed E-state index contributed by atoms with van der Waals surface area (Å²) < 4.78 is 4.01. The lowest BCUT2D eigenvalue weighted by Crippen LogP contribution is -2.17. The smallest absolute Gasteiger partial charge is 0.345 e. The second-order valence-corrected chi connectivity index (χ2v) is 1.19. The maximum absolute atomic E-state index is 9.81. The van der Waals surface area contributed by atoms with E-state index in [4.69, 9.17) is 10.4 Å². The molecule has 0 aliphatic rings. The zero-order valence-electron chi connectivity index (χ0n) is 4.29. The van der Waals surface area contributed by atoms with Crippen molar-refractivity contribution in [3.05, 3.63) is 0 Å². The van der Waals surface area contributed by atoms with Gasteiger partial charge in [0, 0.05) is 0 Å². The number of nitrogens with zero attached hydrogens (tertiary/aromatic N) is 1. The van der Waals surface area contributed by atoms with Crippen LogP contribution in [0.2, 0.25) is 0 Å². The fourth-order valence-corrected chi connectivity index (χ4v) is 0.129. The minimum Gasteiger partial charge on any atom is -0.478 e. The van der Waals surface area contributed by atoms with E-state index < -0.39 is 12.1 Å². The lowest BCUT2D eigenvalue weighted by atomic mass is 10.4. The molecule has 1 unspecified atom stereocenters. The molecule has 0 saturated heterocycles. The third kappa shape index (κ3) is 2.03. The SMILES string of the molecule is CC(OC#N)C(=O)O. The lowest BCUT2D eigenvalue weighted by molar-refractivity contribution is -0.145. The number of hydrogen-bond acceptors (Lipinski definition) is 3. The lowest BCUT2D eigenvalue weighted by Gasteiger charge is -1.97. The van der Waals surface area contributed by atoms with E-state index in [1.54, 1.807) is 0 Å². The second-order valence-electron chi connectivity index (χ2n) is 1.19. The van der Waals surface area contributed by atoms with Crippen LogP contribution in [0.5, 0.6) is 0 Å². The van der Waals surface area contributed by atoms with E-state index in [1.165, 1.54) is 13.2 Å². The van der Waals surface area contributed by atoms with Gasteiger partial charge in [-0.3, -0.25) is 0 Å². The van der Waals surface area contributed by atoms with Gasteiger partial charge in [0.1, 0.15) is 0 Å². The van der Waals surface area contributed by atoms with E-state index in [-0.39, 0.29) is 0 Å². The predicted octanol–water partition coefficient (Wildman–Crippen LogP) is -0.0428. The van der Waals surface area contributed by atoms with Gasteiger partial charge in [0.2, 0.25) is 6.10 Å². The molecule has 0 aliphatic heterocycles. The number of aliphatic carboxylic acids is 1. The van der Waals surface area contributed by atoms with E-state index >= 15 is 0 Å². The number of carboxylic acids is 1. The summed E-state index contributed by atoms with van der Waals surface area (Å²) in [6, 6.07) is 0. The summed E-state index contributed by atoms with van der Waals surface area (Å²) in [7, 11) is 0. The van der Waals surface area contributed by atoms with Crippen LogP contribution in [-0.4, -0.2) is 17.2 Å². The molecule has 0 fully saturated rings. The van der Waals surface area contributed by atoms with Crippen LogP contribution in [0.15, 0.2) is 0 Å². The van der Waals surface area contributed by atoms with Gasteiger partial charge in [-0.2, -0.15) is 5.26 Å². The standard InChI is InChI=1S/C4H5NO3/c1-3(4(6)7)8-2-5/h3H,1H3,(H,6,7). The second kappa shape index (κ2) is 2.86. The van der Waals surface area contributed by atoms with Gasteiger partial charge < -0.3 is 9.84 Å². The van der Waals surface area contributed by atoms with Crippen molar-refractivity contribution in [3.63, 3.8) is 0 Å². The Morgan fingerprint density at radius 1 is 2.00 bits per heavy atom. The molecule has 4 heteroatoms. The van der Waals surface area contributed by atoms with Crippen LogP contribution in [0.3, 0.4) is 0 Å². The summed E-state index contributed by atoms with van der Waals surface area (Å²) >= 11 is 0. The van der Waals surface area contributed by atoms with Gasteiger partial charge in [0.25, 0.3) is 6.26 Å². The Bertz CT molecular complexity index is 126. The van der Waals surface area contributed by atoms with Gasteiger partial charge in [-0.05, 0) is 6.92 Å². The van der Waals surface area contributed by atoms with Crippen molar-refractivity contribution < 1.29 is 14.6 Å². The third-order valence-corrected chi connectivity index (χ3v) is 0.577. The van der Waals surface area contributed by atoms with Gasteiger partial charge in [0.15, 0.2) is 0 Å². The van der Waals surface area contributed by atoms with Gasteiger partial charge in [-0.25, -0.2) is 4.79 Å². The molecule has 0 aromatic heterocycles. The number of nitriles is 1. The first-order valence-electron chi connectivity index (χ1n) is 1.96. The molecule has 0 amide bonds. The first-order chi connectivity index (χ1) is 3.68. The molecule has 44 valence electrons. The van der Waals surface area contributed by atoms with Crippen molar-refractivity contribution >= 4 is 5.97 Å². The van der Waals surface area contributed by atoms with Gasteiger partial charge in [0.05, 0.1) is 0 Å². The van der Waals surface area contributed by atoms with Crippen LogP contribution >= 0.6 is 0 Å². The molecule has 0 heterocycles. The van der Waals surface area contributed by atoms with Crippen LogP contribution < -0.4 is 0 Å². The Balaban J connectivity index is 3.52. The summed E-state index contributed by atoms with van der Waals surface area (Å²) in [4.78, 5) is 9.81. The number of ether oxygens (including phenoxy) is 1. The Kier molecular flexibility index (Phi) is 2.41. The van der Waals surface area contributed by atoms with E-state index in [9.17, 15) is 4.79 Å². The Morgan fingerprint density at radius 2 is 2.50 bits per heavy atom. The van der Waals surface area contributed by atoms with E-state index in [1.807, 2.05) is 0 Å². The monoisotopic (exact) mass is 115 g/mol. The number of carbonyl (C=O) groups is 1. The average molecular weight is 115 g/mol. The topological polar surface area (TPSA) is 70.3 Å². The summed E-state index contributed by atoms with van der Waals surface area (Å²) in [5, 5.41) is 15.8. The Labute approximate surface area is 46.3 Å². The molecule has 1 atom stereocenters. The maximum atomic E-state index is 9.81. The van der Waals surface area contributed by atoms with Crippen molar-refractivity contribution in [2.45, 2.75) is 13.0 Å². The largest absolute Gasteiger partial charge is 0.478 e. The van der Waals surface area contributed by atoms with Gasteiger partial charge in [-0.15, -0.1) is 0 Å². The molecule has 4 nitrogen and oxygen atoms in total. The molecule has 8 heavy (non-hydrogen) atoms. The third-order valence-electron chi connectivity index (χ3n) is 0.577. The minimum absolute atomic E-state index is 1.03. The summed E-state index contributed by atoms with van der Waals surface area (Å²) in [6.07, 6.45) is 0.240. The highest BCUT2D eigenvalue weighted by Crippen LogP contribution is 1.85. The molecule has 0 aliphatic carbocycles.